The predicted molar refractivity (Wildman–Crippen MR) is 144 cm³/mol. The van der Waals surface area contributed by atoms with Crippen LogP contribution in [-0.2, 0) is 0 Å². The van der Waals surface area contributed by atoms with Crippen LogP contribution in [0.4, 0.5) is 5.69 Å². The summed E-state index contributed by atoms with van der Waals surface area (Å²) in [6.07, 6.45) is 5.93. The van der Waals surface area contributed by atoms with Crippen LogP contribution >= 0.6 is 23.2 Å². The Bertz CT molecular complexity index is 1640. The average Bonchev–Trinajstić information content (AvgIpc) is 3.36. The molecule has 5 heterocycles. The first-order valence-electron chi connectivity index (χ1n) is 11.8. The van der Waals surface area contributed by atoms with Gasteiger partial charge in [0.05, 0.1) is 22.1 Å². The lowest BCUT2D eigenvalue weighted by Crippen LogP contribution is -2.38. The van der Waals surface area contributed by atoms with Gasteiger partial charge in [0.2, 0.25) is 5.88 Å². The normalized spacial score (nSPS) is 13.6. The van der Waals surface area contributed by atoms with Crippen LogP contribution in [0, 0.1) is 0 Å². The summed E-state index contributed by atoms with van der Waals surface area (Å²) in [6.45, 7) is 2.59. The number of anilines is 1. The number of nitrogens with zero attached hydrogens (tertiary/aromatic N) is 5. The summed E-state index contributed by atoms with van der Waals surface area (Å²) in [5.41, 5.74) is 3.75. The third-order valence-electron chi connectivity index (χ3n) is 6.22. The van der Waals surface area contributed by atoms with Crippen molar-refractivity contribution < 1.29 is 14.3 Å². The van der Waals surface area contributed by atoms with Crippen molar-refractivity contribution in [3.8, 4) is 22.9 Å². The number of benzene rings is 1. The second-order valence-corrected chi connectivity index (χ2v) is 9.44. The molecule has 0 radical (unpaired) electrons. The molecule has 6 rings (SSSR count). The predicted octanol–water partition coefficient (Wildman–Crippen LogP) is 5.90. The highest BCUT2D eigenvalue weighted by Gasteiger charge is 2.27. The number of fused-ring (bicyclic) bond motifs is 2. The molecular weight excluding hydrogens is 527 g/mol. The number of nitrogens with one attached hydrogen (secondary N) is 1. The molecule has 1 N–H and O–H groups in total. The van der Waals surface area contributed by atoms with Gasteiger partial charge in [0.15, 0.2) is 0 Å². The molecule has 0 saturated heterocycles. The summed E-state index contributed by atoms with van der Waals surface area (Å²) in [5.74, 6) is 0.768. The summed E-state index contributed by atoms with van der Waals surface area (Å²) >= 11 is 12.6. The van der Waals surface area contributed by atoms with Gasteiger partial charge in [-0.1, -0.05) is 29.3 Å². The number of aromatic amines is 1. The van der Waals surface area contributed by atoms with Gasteiger partial charge in [-0.3, -0.25) is 24.8 Å². The van der Waals surface area contributed by atoms with Crippen LogP contribution in [0.2, 0.25) is 10.0 Å². The quantitative estimate of drug-likeness (QED) is 0.292. The smallest absolute Gasteiger partial charge is 0.277 e. The number of aromatic nitrogens is 5. The third kappa shape index (κ3) is 4.40. The zero-order valence-corrected chi connectivity index (χ0v) is 21.6. The number of carbonyl (C=O) groups is 1. The van der Waals surface area contributed by atoms with E-state index in [0.717, 1.165) is 10.9 Å². The van der Waals surface area contributed by atoms with E-state index in [1.54, 1.807) is 35.5 Å². The van der Waals surface area contributed by atoms with Gasteiger partial charge in [-0.15, -0.1) is 0 Å². The Morgan fingerprint density at radius 1 is 1.11 bits per heavy atom. The lowest BCUT2D eigenvalue weighted by molar-refractivity contribution is 0.0971. The van der Waals surface area contributed by atoms with Crippen molar-refractivity contribution in [3.63, 3.8) is 0 Å². The maximum atomic E-state index is 13.2. The molecule has 0 saturated carbocycles. The standard InChI is InChI=1S/C27H20Cl2N6O3/c1-15(24-19(28)13-30-14-20(24)29)38-17-5-6-21-18(11-17)25(34-33-21)16-10-23-26(32-12-16)37-9-8-35(23)27(36)22-4-2-3-7-31-22/h2-7,10-15H,8-9H2,1H3,(H,33,34)/t15-/m1/s1. The van der Waals surface area contributed by atoms with Gasteiger partial charge in [0, 0.05) is 41.3 Å². The van der Waals surface area contributed by atoms with E-state index in [0.29, 0.717) is 63.0 Å². The van der Waals surface area contributed by atoms with Crippen LogP contribution in [0.5, 0.6) is 11.6 Å². The zero-order chi connectivity index (χ0) is 26.2. The highest BCUT2D eigenvalue weighted by atomic mass is 35.5. The summed E-state index contributed by atoms with van der Waals surface area (Å²) in [7, 11) is 0. The Hall–Kier alpha value is -4.21. The van der Waals surface area contributed by atoms with Crippen LogP contribution in [-0.4, -0.2) is 44.2 Å². The third-order valence-corrected chi connectivity index (χ3v) is 6.83. The van der Waals surface area contributed by atoms with Gasteiger partial charge < -0.3 is 9.47 Å². The minimum atomic E-state index is -0.417. The van der Waals surface area contributed by atoms with Gasteiger partial charge in [-0.2, -0.15) is 5.10 Å². The van der Waals surface area contributed by atoms with E-state index in [2.05, 4.69) is 25.1 Å². The fourth-order valence-electron chi connectivity index (χ4n) is 4.43. The number of rotatable bonds is 5. The van der Waals surface area contributed by atoms with Crippen molar-refractivity contribution in [2.45, 2.75) is 13.0 Å². The molecule has 0 spiro atoms. The Labute approximate surface area is 227 Å². The van der Waals surface area contributed by atoms with Gasteiger partial charge >= 0.3 is 0 Å². The van der Waals surface area contributed by atoms with E-state index < -0.39 is 6.10 Å². The lowest BCUT2D eigenvalue weighted by Gasteiger charge is -2.28. The van der Waals surface area contributed by atoms with E-state index in [9.17, 15) is 4.79 Å². The molecule has 0 bridgehead atoms. The van der Waals surface area contributed by atoms with Crippen molar-refractivity contribution in [2.24, 2.45) is 0 Å². The molecule has 5 aromatic rings. The topological polar surface area (TPSA) is 106 Å². The molecule has 4 aromatic heterocycles. The summed E-state index contributed by atoms with van der Waals surface area (Å²) in [4.78, 5) is 27.5. The van der Waals surface area contributed by atoms with Crippen molar-refractivity contribution >= 4 is 45.7 Å². The summed E-state index contributed by atoms with van der Waals surface area (Å²) in [6, 6.07) is 12.7. The van der Waals surface area contributed by atoms with Gasteiger partial charge in [0.1, 0.15) is 35.5 Å². The zero-order valence-electron chi connectivity index (χ0n) is 20.1. The van der Waals surface area contributed by atoms with Crippen LogP contribution in [0.3, 0.4) is 0 Å². The Kier molecular flexibility index (Phi) is 6.30. The van der Waals surface area contributed by atoms with Crippen LogP contribution in [0.25, 0.3) is 22.2 Å². The molecule has 9 nitrogen and oxygen atoms in total. The molecular formula is C27H20Cl2N6O3. The number of hydrogen-bond acceptors (Lipinski definition) is 7. The van der Waals surface area contributed by atoms with Gasteiger partial charge in [-0.05, 0) is 43.3 Å². The number of amides is 1. The SMILES string of the molecule is C[C@@H](Oc1ccc2[nH]nc(-c3cnc4c(c3)N(C(=O)c3ccccn3)CCO4)c2c1)c1c(Cl)cncc1Cl. The average molecular weight is 547 g/mol. The highest BCUT2D eigenvalue weighted by Crippen LogP contribution is 2.38. The molecule has 38 heavy (non-hydrogen) atoms. The molecule has 1 aliphatic rings. The fraction of sp³-hybridized carbons (Fsp3) is 0.148. The van der Waals surface area contributed by atoms with E-state index in [1.807, 2.05) is 31.2 Å². The maximum absolute atomic E-state index is 13.2. The highest BCUT2D eigenvalue weighted by molar-refractivity contribution is 6.35. The van der Waals surface area contributed by atoms with Crippen molar-refractivity contribution in [3.05, 3.63) is 88.6 Å². The van der Waals surface area contributed by atoms with Crippen LogP contribution < -0.4 is 14.4 Å². The number of pyridine rings is 3. The molecule has 0 aliphatic carbocycles. The number of ether oxygens (including phenoxy) is 2. The molecule has 0 unspecified atom stereocenters. The van der Waals surface area contributed by atoms with E-state index in [-0.39, 0.29) is 5.91 Å². The van der Waals surface area contributed by atoms with Crippen molar-refractivity contribution in [1.29, 1.82) is 0 Å². The van der Waals surface area contributed by atoms with Crippen LogP contribution in [0.1, 0.15) is 29.1 Å². The molecule has 190 valence electrons. The lowest BCUT2D eigenvalue weighted by atomic mass is 10.1. The largest absolute Gasteiger partial charge is 0.486 e. The van der Waals surface area contributed by atoms with Crippen LogP contribution in [0.15, 0.2) is 67.3 Å². The number of hydrogen-bond donors (Lipinski definition) is 1. The molecule has 1 atom stereocenters. The second-order valence-electron chi connectivity index (χ2n) is 8.63. The first-order valence-corrected chi connectivity index (χ1v) is 12.5. The number of carbonyl (C=O) groups excluding carboxylic acids is 1. The molecule has 1 aromatic carbocycles. The van der Waals surface area contributed by atoms with E-state index in [4.69, 9.17) is 32.7 Å². The first kappa shape index (κ1) is 24.1. The molecule has 1 amide bonds. The Balaban J connectivity index is 1.34. The minimum absolute atomic E-state index is 0.223. The van der Waals surface area contributed by atoms with Crippen molar-refractivity contribution in [2.75, 3.05) is 18.1 Å². The van der Waals surface area contributed by atoms with E-state index in [1.165, 1.54) is 12.4 Å². The van der Waals surface area contributed by atoms with Gasteiger partial charge in [-0.25, -0.2) is 4.98 Å². The number of H-pyrrole nitrogens is 1. The summed E-state index contributed by atoms with van der Waals surface area (Å²) in [5, 5.41) is 9.26. The monoisotopic (exact) mass is 546 g/mol. The Morgan fingerprint density at radius 3 is 2.74 bits per heavy atom. The van der Waals surface area contributed by atoms with Crippen molar-refractivity contribution in [1.82, 2.24) is 25.1 Å². The second kappa shape index (κ2) is 9.92. The van der Waals surface area contributed by atoms with E-state index >= 15 is 0 Å². The molecule has 0 fully saturated rings. The molecule has 11 heteroatoms. The number of halogens is 2. The maximum Gasteiger partial charge on any atom is 0.277 e. The Morgan fingerprint density at radius 2 is 1.95 bits per heavy atom. The summed E-state index contributed by atoms with van der Waals surface area (Å²) < 4.78 is 11.9. The fourth-order valence-corrected chi connectivity index (χ4v) is 5.10. The van der Waals surface area contributed by atoms with Gasteiger partial charge in [0.25, 0.3) is 5.91 Å². The molecule has 1 aliphatic heterocycles. The first-order chi connectivity index (χ1) is 18.5. The minimum Gasteiger partial charge on any atom is -0.486 e.